The van der Waals surface area contributed by atoms with Gasteiger partial charge in [-0.3, -0.25) is 5.32 Å². The number of hydrogen-bond acceptors (Lipinski definition) is 10. The first-order chi connectivity index (χ1) is 24.1. The highest BCUT2D eigenvalue weighted by atomic mass is 16.5. The molecular weight excluding hydrogens is 632 g/mol. The summed E-state index contributed by atoms with van der Waals surface area (Å²) in [5.74, 6) is 2.13. The van der Waals surface area contributed by atoms with E-state index in [2.05, 4.69) is 89.4 Å². The maximum absolute atomic E-state index is 13.0. The van der Waals surface area contributed by atoms with Gasteiger partial charge in [0.15, 0.2) is 11.5 Å². The fraction of sp³-hybridized carbons (Fsp3) is 0.410. The van der Waals surface area contributed by atoms with Crippen molar-refractivity contribution in [1.82, 2.24) is 19.8 Å². The minimum atomic E-state index is -0.616. The number of carbonyl (C=O) groups is 1. The summed E-state index contributed by atoms with van der Waals surface area (Å²) in [6.45, 7) is 16.5. The minimum Gasteiger partial charge on any atom is -0.493 e. The second-order valence-corrected chi connectivity index (χ2v) is 12.9. The number of nitrogens with zero attached hydrogens (tertiary/aromatic N) is 4. The van der Waals surface area contributed by atoms with Crippen molar-refractivity contribution >= 4 is 23.5 Å². The zero-order valence-corrected chi connectivity index (χ0v) is 30.6. The van der Waals surface area contributed by atoms with Crippen LogP contribution < -0.4 is 24.8 Å². The average molecular weight is 683 g/mol. The lowest BCUT2D eigenvalue weighted by Crippen LogP contribution is -2.44. The zero-order valence-electron chi connectivity index (χ0n) is 30.6. The molecule has 5 rings (SSSR count). The molecule has 1 aromatic heterocycles. The van der Waals surface area contributed by atoms with Crippen molar-refractivity contribution < 1.29 is 23.7 Å². The van der Waals surface area contributed by atoms with Crippen molar-refractivity contribution in [1.29, 1.82) is 0 Å². The number of benzene rings is 3. The SMILES string of the molecule is COc1cc(Nc2nccc(NC(=O)OCc3cc(C)cc(C)c3-c3ccc(C)c(C)c3C)n2)cc(OCCCN2CCN(C)CC2)c1OC. The molecule has 2 N–H and O–H groups in total. The van der Waals surface area contributed by atoms with Crippen LogP contribution in [-0.2, 0) is 11.3 Å². The summed E-state index contributed by atoms with van der Waals surface area (Å²) in [5, 5.41) is 5.94. The van der Waals surface area contributed by atoms with E-state index < -0.39 is 6.09 Å². The molecule has 3 aromatic carbocycles. The van der Waals surface area contributed by atoms with Crippen molar-refractivity contribution in [3.05, 3.63) is 82.0 Å². The lowest BCUT2D eigenvalue weighted by atomic mass is 9.88. The van der Waals surface area contributed by atoms with Gasteiger partial charge < -0.3 is 34.1 Å². The van der Waals surface area contributed by atoms with Crippen molar-refractivity contribution in [2.24, 2.45) is 0 Å². The molecule has 0 saturated carbocycles. The number of piperazine rings is 1. The van der Waals surface area contributed by atoms with Gasteiger partial charge >= 0.3 is 6.09 Å². The molecule has 0 unspecified atom stereocenters. The summed E-state index contributed by atoms with van der Waals surface area (Å²) < 4.78 is 23.1. The molecule has 266 valence electrons. The van der Waals surface area contributed by atoms with E-state index in [4.69, 9.17) is 18.9 Å². The number of nitrogens with one attached hydrogen (secondary N) is 2. The quantitative estimate of drug-likeness (QED) is 0.140. The number of methoxy groups -OCH3 is 2. The molecule has 0 radical (unpaired) electrons. The van der Waals surface area contributed by atoms with Crippen LogP contribution >= 0.6 is 0 Å². The maximum Gasteiger partial charge on any atom is 0.413 e. The van der Waals surface area contributed by atoms with Crippen LogP contribution in [0.2, 0.25) is 0 Å². The van der Waals surface area contributed by atoms with Gasteiger partial charge in [-0.05, 0) is 93.1 Å². The predicted molar refractivity (Wildman–Crippen MR) is 198 cm³/mol. The van der Waals surface area contributed by atoms with Gasteiger partial charge in [0.1, 0.15) is 12.4 Å². The Morgan fingerprint density at radius 2 is 1.64 bits per heavy atom. The number of ether oxygens (including phenoxy) is 4. The average Bonchev–Trinajstić information content (AvgIpc) is 3.09. The first kappa shape index (κ1) is 36.4. The molecule has 50 heavy (non-hydrogen) atoms. The van der Waals surface area contributed by atoms with Crippen LogP contribution in [0.15, 0.2) is 48.7 Å². The van der Waals surface area contributed by atoms with Crippen LogP contribution in [-0.4, -0.2) is 86.5 Å². The van der Waals surface area contributed by atoms with Gasteiger partial charge in [-0.15, -0.1) is 0 Å². The summed E-state index contributed by atoms with van der Waals surface area (Å²) in [4.78, 5) is 26.7. The van der Waals surface area contributed by atoms with Gasteiger partial charge in [0.25, 0.3) is 0 Å². The fourth-order valence-electron chi connectivity index (χ4n) is 6.33. The molecule has 0 aliphatic carbocycles. The van der Waals surface area contributed by atoms with Crippen LogP contribution in [0.4, 0.5) is 22.2 Å². The lowest BCUT2D eigenvalue weighted by molar-refractivity contribution is 0.145. The normalized spacial score (nSPS) is 13.5. The van der Waals surface area contributed by atoms with Gasteiger partial charge in [-0.2, -0.15) is 4.98 Å². The third-order valence-corrected chi connectivity index (χ3v) is 9.31. The van der Waals surface area contributed by atoms with Gasteiger partial charge in [0, 0.05) is 56.7 Å². The molecule has 0 spiro atoms. The highest BCUT2D eigenvalue weighted by molar-refractivity contribution is 5.84. The van der Waals surface area contributed by atoms with Gasteiger partial charge in [0.05, 0.1) is 20.8 Å². The number of amides is 1. The topological polar surface area (TPSA) is 110 Å². The van der Waals surface area contributed by atoms with Crippen molar-refractivity contribution in [2.45, 2.75) is 47.6 Å². The maximum atomic E-state index is 13.0. The number of carbonyl (C=O) groups excluding carboxylic acids is 1. The van der Waals surface area contributed by atoms with E-state index in [9.17, 15) is 4.79 Å². The smallest absolute Gasteiger partial charge is 0.413 e. The van der Waals surface area contributed by atoms with E-state index in [1.54, 1.807) is 32.5 Å². The molecule has 1 aliphatic heterocycles. The van der Waals surface area contributed by atoms with E-state index in [1.165, 1.54) is 16.7 Å². The van der Waals surface area contributed by atoms with Crippen molar-refractivity contribution in [3.8, 4) is 28.4 Å². The molecule has 1 fully saturated rings. The van der Waals surface area contributed by atoms with Gasteiger partial charge in [0.2, 0.25) is 11.7 Å². The monoisotopic (exact) mass is 682 g/mol. The molecular formula is C39H50N6O5. The first-order valence-electron chi connectivity index (χ1n) is 17.1. The number of anilines is 3. The Hall–Kier alpha value is -4.87. The number of likely N-dealkylation sites (N-methyl/N-ethyl adjacent to an activating group) is 1. The second-order valence-electron chi connectivity index (χ2n) is 12.9. The highest BCUT2D eigenvalue weighted by Crippen LogP contribution is 2.41. The molecule has 1 aliphatic rings. The van der Waals surface area contributed by atoms with E-state index in [-0.39, 0.29) is 12.6 Å². The minimum absolute atomic E-state index is 0.107. The molecule has 11 heteroatoms. The number of aromatic nitrogens is 2. The Balaban J connectivity index is 1.23. The second kappa shape index (κ2) is 16.7. The van der Waals surface area contributed by atoms with Crippen LogP contribution in [0.5, 0.6) is 17.2 Å². The number of hydrogen-bond donors (Lipinski definition) is 2. The molecule has 0 bridgehead atoms. The van der Waals surface area contributed by atoms with Crippen LogP contribution in [0.25, 0.3) is 11.1 Å². The van der Waals surface area contributed by atoms with E-state index in [0.717, 1.165) is 67.0 Å². The molecule has 1 saturated heterocycles. The number of rotatable bonds is 13. The highest BCUT2D eigenvalue weighted by Gasteiger charge is 2.18. The van der Waals surface area contributed by atoms with Crippen LogP contribution in [0.1, 0.15) is 39.8 Å². The van der Waals surface area contributed by atoms with Crippen molar-refractivity contribution in [3.63, 3.8) is 0 Å². The van der Waals surface area contributed by atoms with E-state index >= 15 is 0 Å². The third-order valence-electron chi connectivity index (χ3n) is 9.31. The summed E-state index contributed by atoms with van der Waals surface area (Å²) in [6.07, 6.45) is 1.83. The Bertz CT molecular complexity index is 1800. The van der Waals surface area contributed by atoms with E-state index in [1.807, 2.05) is 13.0 Å². The Kier molecular flexibility index (Phi) is 12.2. The molecule has 0 atom stereocenters. The largest absolute Gasteiger partial charge is 0.493 e. The molecule has 11 nitrogen and oxygen atoms in total. The standard InChI is InChI=1S/C39H50N6O5/c1-25-20-27(3)36(32-11-10-26(2)28(4)29(32)5)30(21-25)24-50-39(46)43-35-12-13-40-38(42-35)41-31-22-33(47-7)37(48-8)34(23-31)49-19-9-14-45-17-15-44(6)16-18-45/h10-13,20-23H,9,14-19,24H2,1-8H3,(H2,40,41,42,43,46). The molecule has 4 aromatic rings. The third kappa shape index (κ3) is 9.02. The zero-order chi connectivity index (χ0) is 35.8. The summed E-state index contributed by atoms with van der Waals surface area (Å²) in [5.41, 5.74) is 9.78. The molecule has 2 heterocycles. The van der Waals surface area contributed by atoms with Gasteiger partial charge in [-0.25, -0.2) is 9.78 Å². The Labute approximate surface area is 295 Å². The summed E-state index contributed by atoms with van der Waals surface area (Å²) in [6, 6.07) is 13.7. The summed E-state index contributed by atoms with van der Waals surface area (Å²) >= 11 is 0. The van der Waals surface area contributed by atoms with Gasteiger partial charge in [-0.1, -0.05) is 29.8 Å². The first-order valence-corrected chi connectivity index (χ1v) is 17.1. The molecule has 1 amide bonds. The predicted octanol–water partition coefficient (Wildman–Crippen LogP) is 7.21. The van der Waals surface area contributed by atoms with Crippen molar-refractivity contribution in [2.75, 3.05) is 71.2 Å². The van der Waals surface area contributed by atoms with Crippen LogP contribution in [0, 0.1) is 34.6 Å². The lowest BCUT2D eigenvalue weighted by Gasteiger charge is -2.32. The van der Waals surface area contributed by atoms with E-state index in [0.29, 0.717) is 35.4 Å². The van der Waals surface area contributed by atoms with Crippen LogP contribution in [0.3, 0.4) is 0 Å². The Morgan fingerprint density at radius 3 is 2.38 bits per heavy atom. The number of aryl methyl sites for hydroxylation is 3. The Morgan fingerprint density at radius 1 is 0.880 bits per heavy atom. The summed E-state index contributed by atoms with van der Waals surface area (Å²) in [7, 11) is 5.32. The fourth-order valence-corrected chi connectivity index (χ4v) is 6.33.